The molecule has 0 fully saturated rings. The summed E-state index contributed by atoms with van der Waals surface area (Å²) in [6.07, 6.45) is 8.83. The molecule has 0 aliphatic heterocycles. The number of hydrogen-bond acceptors (Lipinski definition) is 3. The Kier molecular flexibility index (Phi) is 4.09. The predicted octanol–water partition coefficient (Wildman–Crippen LogP) is 3.57. The smallest absolute Gasteiger partial charge is 0.123 e. The van der Waals surface area contributed by atoms with E-state index in [0.717, 1.165) is 31.5 Å². The van der Waals surface area contributed by atoms with Gasteiger partial charge in [-0.1, -0.05) is 6.07 Å². The lowest BCUT2D eigenvalue weighted by atomic mass is 9.92. The maximum Gasteiger partial charge on any atom is 0.123 e. The van der Waals surface area contributed by atoms with Crippen molar-refractivity contribution < 1.29 is 4.39 Å². The van der Waals surface area contributed by atoms with Gasteiger partial charge in [0.2, 0.25) is 0 Å². The topological polar surface area (TPSA) is 42.7 Å². The minimum absolute atomic E-state index is 0.226. The highest BCUT2D eigenvalue weighted by Crippen LogP contribution is 2.31. The third kappa shape index (κ3) is 2.95. The van der Waals surface area contributed by atoms with E-state index < -0.39 is 0 Å². The Bertz CT molecular complexity index is 811. The molecule has 0 amide bonds. The molecule has 24 heavy (non-hydrogen) atoms. The molecular formula is C19H19FN4. The third-order valence-corrected chi connectivity index (χ3v) is 4.53. The number of nitrogens with one attached hydrogen (secondary N) is 1. The van der Waals surface area contributed by atoms with Crippen LogP contribution in [0.1, 0.15) is 35.7 Å². The van der Waals surface area contributed by atoms with Crippen LogP contribution in [0, 0.1) is 5.82 Å². The van der Waals surface area contributed by atoms with Gasteiger partial charge < -0.3 is 5.32 Å². The molecule has 1 aliphatic rings. The van der Waals surface area contributed by atoms with Crippen molar-refractivity contribution in [1.29, 1.82) is 0 Å². The molecule has 1 atom stereocenters. The second kappa shape index (κ2) is 6.53. The summed E-state index contributed by atoms with van der Waals surface area (Å²) in [7, 11) is 0. The zero-order chi connectivity index (χ0) is 16.4. The first kappa shape index (κ1) is 15.0. The summed E-state index contributed by atoms with van der Waals surface area (Å²) in [5.74, 6) is -0.226. The average molecular weight is 322 g/mol. The summed E-state index contributed by atoms with van der Waals surface area (Å²) in [5, 5.41) is 8.16. The van der Waals surface area contributed by atoms with Crippen LogP contribution >= 0.6 is 0 Å². The summed E-state index contributed by atoms with van der Waals surface area (Å²) < 4.78 is 15.1. The maximum absolute atomic E-state index is 13.1. The Morgan fingerprint density at radius 1 is 1.17 bits per heavy atom. The molecule has 0 spiro atoms. The average Bonchev–Trinajstić information content (AvgIpc) is 3.06. The molecule has 1 aliphatic carbocycles. The molecule has 0 bridgehead atoms. The van der Waals surface area contributed by atoms with Crippen molar-refractivity contribution in [2.24, 2.45) is 0 Å². The zero-order valence-electron chi connectivity index (χ0n) is 13.3. The number of rotatable bonds is 4. The van der Waals surface area contributed by atoms with E-state index in [2.05, 4.69) is 21.5 Å². The molecule has 2 heterocycles. The van der Waals surface area contributed by atoms with E-state index in [-0.39, 0.29) is 5.82 Å². The van der Waals surface area contributed by atoms with Gasteiger partial charge in [-0.25, -0.2) is 9.07 Å². The van der Waals surface area contributed by atoms with Crippen LogP contribution in [0.3, 0.4) is 0 Å². The van der Waals surface area contributed by atoms with Crippen LogP contribution in [0.25, 0.3) is 5.69 Å². The van der Waals surface area contributed by atoms with E-state index in [9.17, 15) is 4.39 Å². The van der Waals surface area contributed by atoms with Crippen molar-refractivity contribution in [3.63, 3.8) is 0 Å². The van der Waals surface area contributed by atoms with Crippen LogP contribution in [-0.2, 0) is 13.0 Å². The highest BCUT2D eigenvalue weighted by molar-refractivity contribution is 5.37. The summed E-state index contributed by atoms with van der Waals surface area (Å²) in [4.78, 5) is 4.16. The molecule has 5 heteroatoms. The third-order valence-electron chi connectivity index (χ3n) is 4.53. The van der Waals surface area contributed by atoms with Crippen LogP contribution < -0.4 is 5.32 Å². The van der Waals surface area contributed by atoms with Gasteiger partial charge in [-0.15, -0.1) is 0 Å². The highest BCUT2D eigenvalue weighted by atomic mass is 19.1. The lowest BCUT2D eigenvalue weighted by molar-refractivity contribution is 0.454. The molecule has 1 aromatic carbocycles. The van der Waals surface area contributed by atoms with Gasteiger partial charge in [-0.2, -0.15) is 5.10 Å². The quantitative estimate of drug-likeness (QED) is 0.798. The second-order valence-electron chi connectivity index (χ2n) is 6.12. The lowest BCUT2D eigenvalue weighted by Gasteiger charge is -2.24. The maximum atomic E-state index is 13.1. The van der Waals surface area contributed by atoms with Crippen molar-refractivity contribution in [2.75, 3.05) is 0 Å². The van der Waals surface area contributed by atoms with Crippen LogP contribution in [0.15, 0.2) is 55.0 Å². The van der Waals surface area contributed by atoms with Gasteiger partial charge in [0.05, 0.1) is 11.9 Å². The van der Waals surface area contributed by atoms with E-state index in [1.165, 1.54) is 29.0 Å². The van der Waals surface area contributed by atoms with Gasteiger partial charge in [0.25, 0.3) is 0 Å². The molecule has 0 radical (unpaired) electrons. The van der Waals surface area contributed by atoms with Crippen LogP contribution in [0.5, 0.6) is 0 Å². The molecule has 122 valence electrons. The first-order valence-corrected chi connectivity index (χ1v) is 8.26. The van der Waals surface area contributed by atoms with Gasteiger partial charge in [0.15, 0.2) is 0 Å². The Morgan fingerprint density at radius 2 is 2.04 bits per heavy atom. The molecule has 2 aromatic heterocycles. The standard InChI is InChI=1S/C19H19FN4/c20-15-6-8-16(9-7-15)24-19-5-1-4-18(17(19)13-23-24)22-12-14-3-2-10-21-11-14/h2-3,6-11,13,18,22H,1,4-5,12H2/t18-/m0/s1. The Morgan fingerprint density at radius 3 is 2.83 bits per heavy atom. The molecule has 0 saturated carbocycles. The number of nitrogens with zero attached hydrogens (tertiary/aromatic N) is 3. The largest absolute Gasteiger partial charge is 0.306 e. The summed E-state index contributed by atoms with van der Waals surface area (Å²) in [6.45, 7) is 0.791. The number of pyridine rings is 1. The minimum atomic E-state index is -0.226. The van der Waals surface area contributed by atoms with Crippen LogP contribution in [0.4, 0.5) is 4.39 Å². The van der Waals surface area contributed by atoms with Gasteiger partial charge in [0, 0.05) is 36.2 Å². The molecule has 4 rings (SSSR count). The Hall–Kier alpha value is -2.53. The van der Waals surface area contributed by atoms with E-state index >= 15 is 0 Å². The van der Waals surface area contributed by atoms with Gasteiger partial charge in [-0.3, -0.25) is 4.98 Å². The highest BCUT2D eigenvalue weighted by Gasteiger charge is 2.24. The fourth-order valence-electron chi connectivity index (χ4n) is 3.32. The Balaban J connectivity index is 1.56. The minimum Gasteiger partial charge on any atom is -0.306 e. The number of fused-ring (bicyclic) bond motifs is 1. The number of hydrogen-bond donors (Lipinski definition) is 1. The molecule has 3 aromatic rings. The van der Waals surface area contributed by atoms with Crippen LogP contribution in [0.2, 0.25) is 0 Å². The van der Waals surface area contributed by atoms with E-state index in [1.807, 2.05) is 23.1 Å². The number of benzene rings is 1. The first-order valence-electron chi connectivity index (χ1n) is 8.26. The molecule has 0 unspecified atom stereocenters. The number of halogens is 1. The molecule has 0 saturated heterocycles. The van der Waals surface area contributed by atoms with Crippen molar-refractivity contribution >= 4 is 0 Å². The van der Waals surface area contributed by atoms with Gasteiger partial charge >= 0.3 is 0 Å². The summed E-state index contributed by atoms with van der Waals surface area (Å²) >= 11 is 0. The molecule has 1 N–H and O–H groups in total. The monoisotopic (exact) mass is 322 g/mol. The van der Waals surface area contributed by atoms with E-state index in [4.69, 9.17) is 0 Å². The predicted molar refractivity (Wildman–Crippen MR) is 90.3 cm³/mol. The summed E-state index contributed by atoms with van der Waals surface area (Å²) in [5.41, 5.74) is 4.55. The van der Waals surface area contributed by atoms with Crippen molar-refractivity contribution in [2.45, 2.75) is 31.8 Å². The number of aromatic nitrogens is 3. The lowest BCUT2D eigenvalue weighted by Crippen LogP contribution is -2.25. The SMILES string of the molecule is Fc1ccc(-n2ncc3c2CCC[C@@H]3NCc2cccnc2)cc1. The van der Waals surface area contributed by atoms with Crippen molar-refractivity contribution in [3.8, 4) is 5.69 Å². The van der Waals surface area contributed by atoms with Crippen LogP contribution in [-0.4, -0.2) is 14.8 Å². The zero-order valence-corrected chi connectivity index (χ0v) is 13.3. The molecule has 4 nitrogen and oxygen atoms in total. The van der Waals surface area contributed by atoms with E-state index in [0.29, 0.717) is 6.04 Å². The first-order chi connectivity index (χ1) is 11.8. The van der Waals surface area contributed by atoms with E-state index in [1.54, 1.807) is 18.3 Å². The summed E-state index contributed by atoms with van der Waals surface area (Å²) in [6, 6.07) is 10.8. The van der Waals surface area contributed by atoms with Gasteiger partial charge in [-0.05, 0) is 55.2 Å². The second-order valence-corrected chi connectivity index (χ2v) is 6.12. The molecular weight excluding hydrogens is 303 g/mol. The fraction of sp³-hybridized carbons (Fsp3) is 0.263. The van der Waals surface area contributed by atoms with Gasteiger partial charge in [0.1, 0.15) is 5.82 Å². The van der Waals surface area contributed by atoms with Crippen molar-refractivity contribution in [1.82, 2.24) is 20.1 Å². The Labute approximate surface area is 140 Å². The fourth-order valence-corrected chi connectivity index (χ4v) is 3.32. The van der Waals surface area contributed by atoms with Crippen molar-refractivity contribution in [3.05, 3.63) is 77.6 Å². The normalized spacial score (nSPS) is 16.8.